The van der Waals surface area contributed by atoms with Crippen LogP contribution in [0.3, 0.4) is 0 Å². The van der Waals surface area contributed by atoms with Crippen LogP contribution in [0, 0.1) is 11.7 Å². The third-order valence-electron chi connectivity index (χ3n) is 4.06. The molecule has 1 aromatic heterocycles. The largest absolute Gasteiger partial charge is 0.478 e. The quantitative estimate of drug-likeness (QED) is 0.884. The normalized spacial score (nSPS) is 16.5. The number of pyridine rings is 1. The Labute approximate surface area is 127 Å². The van der Waals surface area contributed by atoms with Crippen LogP contribution in [0.1, 0.15) is 12.8 Å². The average molecular weight is 300 g/mol. The van der Waals surface area contributed by atoms with Gasteiger partial charge in [0, 0.05) is 30.7 Å². The first-order chi connectivity index (χ1) is 10.6. The molecule has 22 heavy (non-hydrogen) atoms. The Morgan fingerprint density at radius 1 is 1.32 bits per heavy atom. The molecule has 0 aliphatic carbocycles. The molecule has 0 saturated carbocycles. The molecule has 1 aromatic carbocycles. The summed E-state index contributed by atoms with van der Waals surface area (Å²) in [5, 5.41) is 10.5. The van der Waals surface area contributed by atoms with E-state index in [9.17, 15) is 9.18 Å². The molecule has 0 radical (unpaired) electrons. The summed E-state index contributed by atoms with van der Waals surface area (Å²) in [6.07, 6.45) is 6.46. The number of aliphatic carboxylic acids is 1. The predicted octanol–water partition coefficient (Wildman–Crippen LogP) is 3.23. The Morgan fingerprint density at radius 2 is 2.09 bits per heavy atom. The van der Waals surface area contributed by atoms with Gasteiger partial charge < -0.3 is 10.0 Å². The minimum Gasteiger partial charge on any atom is -0.478 e. The first-order valence-corrected chi connectivity index (χ1v) is 7.34. The van der Waals surface area contributed by atoms with E-state index in [2.05, 4.69) is 9.88 Å². The van der Waals surface area contributed by atoms with Crippen LogP contribution in [-0.2, 0) is 4.79 Å². The van der Waals surface area contributed by atoms with Crippen molar-refractivity contribution in [1.29, 1.82) is 0 Å². The summed E-state index contributed by atoms with van der Waals surface area (Å²) in [5.41, 5.74) is 0. The minimum atomic E-state index is -0.909. The third-order valence-corrected chi connectivity index (χ3v) is 4.06. The molecule has 4 nitrogen and oxygen atoms in total. The van der Waals surface area contributed by atoms with Crippen LogP contribution in [0.25, 0.3) is 10.8 Å². The molecule has 1 fully saturated rings. The summed E-state index contributed by atoms with van der Waals surface area (Å²) >= 11 is 0. The van der Waals surface area contributed by atoms with Gasteiger partial charge in [0.1, 0.15) is 11.6 Å². The Kier molecular flexibility index (Phi) is 4.04. The van der Waals surface area contributed by atoms with Crippen molar-refractivity contribution in [3.8, 4) is 0 Å². The van der Waals surface area contributed by atoms with Gasteiger partial charge >= 0.3 is 5.97 Å². The molecule has 1 saturated heterocycles. The maximum atomic E-state index is 13.5. The number of fused-ring (bicyclic) bond motifs is 1. The van der Waals surface area contributed by atoms with Crippen molar-refractivity contribution in [3.05, 3.63) is 48.4 Å². The highest BCUT2D eigenvalue weighted by molar-refractivity contribution is 5.92. The maximum Gasteiger partial charge on any atom is 0.327 e. The van der Waals surface area contributed by atoms with E-state index in [1.807, 2.05) is 6.07 Å². The van der Waals surface area contributed by atoms with Gasteiger partial charge in [0.2, 0.25) is 0 Å². The molecule has 2 aromatic rings. The first kappa shape index (κ1) is 14.5. The van der Waals surface area contributed by atoms with E-state index in [-0.39, 0.29) is 11.7 Å². The van der Waals surface area contributed by atoms with Gasteiger partial charge in [-0.2, -0.15) is 0 Å². The lowest BCUT2D eigenvalue weighted by molar-refractivity contribution is -0.131. The van der Waals surface area contributed by atoms with E-state index >= 15 is 0 Å². The highest BCUT2D eigenvalue weighted by Crippen LogP contribution is 2.29. The van der Waals surface area contributed by atoms with Gasteiger partial charge in [0.15, 0.2) is 0 Å². The number of hydrogen-bond acceptors (Lipinski definition) is 3. The second-order valence-corrected chi connectivity index (χ2v) is 5.52. The van der Waals surface area contributed by atoms with Crippen LogP contribution >= 0.6 is 0 Å². The molecule has 0 spiro atoms. The third kappa shape index (κ3) is 3.08. The van der Waals surface area contributed by atoms with Crippen molar-refractivity contribution in [2.75, 3.05) is 18.0 Å². The number of carboxylic acid groups (broad SMARTS) is 1. The molecule has 0 bridgehead atoms. The Hall–Kier alpha value is -2.43. The molecular weight excluding hydrogens is 283 g/mol. The van der Waals surface area contributed by atoms with Crippen molar-refractivity contribution in [3.63, 3.8) is 0 Å². The summed E-state index contributed by atoms with van der Waals surface area (Å²) < 4.78 is 13.5. The number of allylic oxidation sites excluding steroid dienone is 1. The molecule has 0 amide bonds. The number of hydrogen-bond donors (Lipinski definition) is 1. The fraction of sp³-hybridized carbons (Fsp3) is 0.294. The van der Waals surface area contributed by atoms with Crippen LogP contribution in [0.2, 0.25) is 0 Å². The Bertz CT molecular complexity index is 722. The van der Waals surface area contributed by atoms with Crippen molar-refractivity contribution in [2.45, 2.75) is 12.8 Å². The van der Waals surface area contributed by atoms with Crippen LogP contribution in [0.5, 0.6) is 0 Å². The van der Waals surface area contributed by atoms with Crippen LogP contribution < -0.4 is 4.90 Å². The zero-order valence-electron chi connectivity index (χ0n) is 12.1. The number of piperidine rings is 1. The molecule has 0 atom stereocenters. The minimum absolute atomic E-state index is 0.263. The predicted molar refractivity (Wildman–Crippen MR) is 83.4 cm³/mol. The molecule has 114 valence electrons. The van der Waals surface area contributed by atoms with Crippen molar-refractivity contribution >= 4 is 22.6 Å². The zero-order valence-corrected chi connectivity index (χ0v) is 12.1. The lowest BCUT2D eigenvalue weighted by Gasteiger charge is -2.32. The lowest BCUT2D eigenvalue weighted by Crippen LogP contribution is -2.33. The number of nitrogens with zero attached hydrogens (tertiary/aromatic N) is 2. The summed E-state index contributed by atoms with van der Waals surface area (Å²) in [4.78, 5) is 17.1. The van der Waals surface area contributed by atoms with Crippen LogP contribution in [0.4, 0.5) is 10.2 Å². The topological polar surface area (TPSA) is 53.4 Å². The lowest BCUT2D eigenvalue weighted by atomic mass is 9.96. The van der Waals surface area contributed by atoms with Crippen LogP contribution in [0.15, 0.2) is 42.6 Å². The van der Waals surface area contributed by atoms with E-state index in [1.165, 1.54) is 18.2 Å². The van der Waals surface area contributed by atoms with Gasteiger partial charge in [-0.05, 0) is 42.3 Å². The number of aromatic nitrogens is 1. The van der Waals surface area contributed by atoms with Gasteiger partial charge in [0.05, 0.1) is 0 Å². The number of halogens is 1. The van der Waals surface area contributed by atoms with E-state index in [0.717, 1.165) is 42.5 Å². The van der Waals surface area contributed by atoms with Crippen molar-refractivity contribution in [1.82, 2.24) is 4.98 Å². The molecular formula is C17H17FN2O2. The summed E-state index contributed by atoms with van der Waals surface area (Å²) in [5.74, 6) is -0.0913. The smallest absolute Gasteiger partial charge is 0.327 e. The molecule has 3 rings (SSSR count). The highest BCUT2D eigenvalue weighted by Gasteiger charge is 2.20. The van der Waals surface area contributed by atoms with E-state index in [4.69, 9.17) is 5.11 Å². The van der Waals surface area contributed by atoms with Gasteiger partial charge in [-0.1, -0.05) is 12.1 Å². The first-order valence-electron chi connectivity index (χ1n) is 7.34. The monoisotopic (exact) mass is 300 g/mol. The number of anilines is 1. The second kappa shape index (κ2) is 6.13. The SMILES string of the molecule is O=C(O)/C=C\C1CCN(c2nccc3ccc(F)cc23)CC1. The fourth-order valence-corrected chi connectivity index (χ4v) is 2.90. The maximum absolute atomic E-state index is 13.5. The molecule has 1 aliphatic heterocycles. The number of benzene rings is 1. The summed E-state index contributed by atoms with van der Waals surface area (Å²) in [6.45, 7) is 1.58. The zero-order chi connectivity index (χ0) is 15.5. The second-order valence-electron chi connectivity index (χ2n) is 5.52. The molecule has 0 unspecified atom stereocenters. The Morgan fingerprint density at radius 3 is 2.82 bits per heavy atom. The summed E-state index contributed by atoms with van der Waals surface area (Å²) in [7, 11) is 0. The van der Waals surface area contributed by atoms with Gasteiger partial charge in [-0.15, -0.1) is 0 Å². The molecule has 2 heterocycles. The van der Waals surface area contributed by atoms with Gasteiger partial charge in [-0.25, -0.2) is 14.2 Å². The molecule has 1 N–H and O–H groups in total. The van der Waals surface area contributed by atoms with Crippen LogP contribution in [-0.4, -0.2) is 29.1 Å². The van der Waals surface area contributed by atoms with Gasteiger partial charge in [-0.3, -0.25) is 0 Å². The van der Waals surface area contributed by atoms with Gasteiger partial charge in [0.25, 0.3) is 0 Å². The molecule has 1 aliphatic rings. The van der Waals surface area contributed by atoms with E-state index < -0.39 is 5.97 Å². The van der Waals surface area contributed by atoms with Crippen molar-refractivity contribution in [2.24, 2.45) is 5.92 Å². The average Bonchev–Trinajstić information content (AvgIpc) is 2.53. The number of carboxylic acids is 1. The van der Waals surface area contributed by atoms with E-state index in [0.29, 0.717) is 0 Å². The summed E-state index contributed by atoms with van der Waals surface area (Å²) in [6, 6.07) is 6.61. The Balaban J connectivity index is 1.79. The number of rotatable bonds is 3. The standard InChI is InChI=1S/C17H17FN2O2/c18-14-3-2-13-5-8-19-17(15(13)11-14)20-9-6-12(7-10-20)1-4-16(21)22/h1-5,8,11-12H,6-7,9-10H2,(H,21,22)/b4-1-. The van der Waals surface area contributed by atoms with E-state index in [1.54, 1.807) is 18.3 Å². The van der Waals surface area contributed by atoms with Crippen molar-refractivity contribution < 1.29 is 14.3 Å². The highest BCUT2D eigenvalue weighted by atomic mass is 19.1. The molecule has 5 heteroatoms. The number of carbonyl (C=O) groups is 1. The fourth-order valence-electron chi connectivity index (χ4n) is 2.90.